The lowest BCUT2D eigenvalue weighted by Gasteiger charge is -2.21. The second-order valence-corrected chi connectivity index (χ2v) is 3.73. The smallest absolute Gasteiger partial charge is 0.200 e. The van der Waals surface area contributed by atoms with E-state index >= 15 is 0 Å². The van der Waals surface area contributed by atoms with E-state index in [0.29, 0.717) is 18.1 Å². The fourth-order valence-corrected chi connectivity index (χ4v) is 1.48. The molecule has 0 aliphatic heterocycles. The third-order valence-corrected chi connectivity index (χ3v) is 2.33. The van der Waals surface area contributed by atoms with Gasteiger partial charge in [0, 0.05) is 26.2 Å². The standard InChI is InChI=1S/C11H17N5O2/c1-14-11(15-10(12)13)16(2)6-7-4-3-5-8(17)9(7)18/h3-5,17-18H,6H2,1-2H3,(H4,12,13,14,15). The molecule has 1 aromatic rings. The largest absolute Gasteiger partial charge is 0.504 e. The first-order chi connectivity index (χ1) is 8.45. The van der Waals surface area contributed by atoms with Crippen molar-refractivity contribution in [2.75, 3.05) is 14.1 Å². The molecule has 0 aliphatic carbocycles. The molecule has 0 spiro atoms. The van der Waals surface area contributed by atoms with Gasteiger partial charge in [-0.2, -0.15) is 0 Å². The molecule has 0 amide bonds. The minimum atomic E-state index is -0.220. The lowest BCUT2D eigenvalue weighted by atomic mass is 10.2. The van der Waals surface area contributed by atoms with E-state index in [1.165, 1.54) is 6.07 Å². The molecule has 18 heavy (non-hydrogen) atoms. The van der Waals surface area contributed by atoms with Gasteiger partial charge in [-0.15, -0.1) is 0 Å². The van der Waals surface area contributed by atoms with Gasteiger partial charge in [0.2, 0.25) is 5.96 Å². The number of rotatable bonds is 2. The molecule has 0 aromatic heterocycles. The number of phenolic OH excluding ortho intramolecular Hbond substituents is 2. The fraction of sp³-hybridized carbons (Fsp3) is 0.273. The average Bonchev–Trinajstić information content (AvgIpc) is 2.31. The van der Waals surface area contributed by atoms with Crippen molar-refractivity contribution in [1.82, 2.24) is 10.2 Å². The summed E-state index contributed by atoms with van der Waals surface area (Å²) >= 11 is 0. The van der Waals surface area contributed by atoms with Crippen molar-refractivity contribution >= 4 is 11.9 Å². The van der Waals surface area contributed by atoms with E-state index in [1.807, 2.05) is 0 Å². The molecule has 0 unspecified atom stereocenters. The Labute approximate surface area is 105 Å². The molecule has 7 nitrogen and oxygen atoms in total. The SMILES string of the molecule is C/N=C(/NC(=N)N)N(C)Cc1cccc(O)c1O. The van der Waals surface area contributed by atoms with Gasteiger partial charge in [-0.25, -0.2) is 0 Å². The fourth-order valence-electron chi connectivity index (χ4n) is 1.48. The minimum absolute atomic E-state index is 0.164. The molecule has 0 heterocycles. The Bertz CT molecular complexity index is 473. The van der Waals surface area contributed by atoms with Crippen LogP contribution in [0.2, 0.25) is 0 Å². The minimum Gasteiger partial charge on any atom is -0.504 e. The number of aliphatic imine (C=N–C) groups is 1. The molecule has 1 rings (SSSR count). The molecule has 0 aliphatic rings. The van der Waals surface area contributed by atoms with Crippen molar-refractivity contribution in [1.29, 1.82) is 5.41 Å². The molecular weight excluding hydrogens is 234 g/mol. The number of hydrogen-bond donors (Lipinski definition) is 5. The Morgan fingerprint density at radius 3 is 2.72 bits per heavy atom. The third kappa shape index (κ3) is 3.27. The predicted molar refractivity (Wildman–Crippen MR) is 69.6 cm³/mol. The van der Waals surface area contributed by atoms with E-state index in [-0.39, 0.29) is 17.5 Å². The molecule has 0 radical (unpaired) electrons. The Hall–Kier alpha value is -2.44. The van der Waals surface area contributed by atoms with Crippen molar-refractivity contribution in [3.8, 4) is 11.5 Å². The highest BCUT2D eigenvalue weighted by Crippen LogP contribution is 2.28. The van der Waals surface area contributed by atoms with Gasteiger partial charge in [-0.05, 0) is 6.07 Å². The summed E-state index contributed by atoms with van der Waals surface area (Å²) in [4.78, 5) is 5.61. The highest BCUT2D eigenvalue weighted by Gasteiger charge is 2.11. The van der Waals surface area contributed by atoms with Gasteiger partial charge in [-0.1, -0.05) is 12.1 Å². The molecule has 0 bridgehead atoms. The normalized spacial score (nSPS) is 11.1. The number of nitrogens with one attached hydrogen (secondary N) is 2. The quantitative estimate of drug-likeness (QED) is 0.288. The van der Waals surface area contributed by atoms with E-state index in [1.54, 1.807) is 31.1 Å². The van der Waals surface area contributed by atoms with E-state index in [2.05, 4.69) is 10.3 Å². The highest BCUT2D eigenvalue weighted by molar-refractivity contribution is 5.96. The van der Waals surface area contributed by atoms with Crippen LogP contribution < -0.4 is 11.1 Å². The van der Waals surface area contributed by atoms with Crippen LogP contribution in [0.3, 0.4) is 0 Å². The summed E-state index contributed by atoms with van der Waals surface area (Å²) in [5.41, 5.74) is 5.77. The maximum Gasteiger partial charge on any atom is 0.200 e. The lowest BCUT2D eigenvalue weighted by molar-refractivity contribution is 0.389. The van der Waals surface area contributed by atoms with E-state index in [9.17, 15) is 10.2 Å². The number of phenols is 2. The van der Waals surface area contributed by atoms with Crippen molar-refractivity contribution in [3.63, 3.8) is 0 Å². The number of benzene rings is 1. The molecule has 1 aromatic carbocycles. The van der Waals surface area contributed by atoms with Crippen LogP contribution in [-0.4, -0.2) is 41.1 Å². The molecule has 7 heteroatoms. The van der Waals surface area contributed by atoms with Crippen LogP contribution in [0.25, 0.3) is 0 Å². The Balaban J connectivity index is 2.83. The molecule has 98 valence electrons. The van der Waals surface area contributed by atoms with Gasteiger partial charge in [-0.3, -0.25) is 15.7 Å². The zero-order valence-electron chi connectivity index (χ0n) is 10.3. The maximum absolute atomic E-state index is 9.68. The first-order valence-corrected chi connectivity index (χ1v) is 5.24. The first-order valence-electron chi connectivity index (χ1n) is 5.24. The second-order valence-electron chi connectivity index (χ2n) is 3.73. The lowest BCUT2D eigenvalue weighted by Crippen LogP contribution is -2.44. The summed E-state index contributed by atoms with van der Waals surface area (Å²) in [5, 5.41) is 28.8. The monoisotopic (exact) mass is 251 g/mol. The van der Waals surface area contributed by atoms with E-state index < -0.39 is 0 Å². The van der Waals surface area contributed by atoms with Crippen LogP contribution in [0.5, 0.6) is 11.5 Å². The zero-order valence-corrected chi connectivity index (χ0v) is 10.3. The van der Waals surface area contributed by atoms with Gasteiger partial charge >= 0.3 is 0 Å². The third-order valence-electron chi connectivity index (χ3n) is 2.33. The van der Waals surface area contributed by atoms with Crippen molar-refractivity contribution < 1.29 is 10.2 Å². The zero-order chi connectivity index (χ0) is 13.7. The first kappa shape index (κ1) is 13.6. The summed E-state index contributed by atoms with van der Waals surface area (Å²) in [7, 11) is 3.28. The summed E-state index contributed by atoms with van der Waals surface area (Å²) < 4.78 is 0. The summed E-state index contributed by atoms with van der Waals surface area (Å²) in [5.74, 6) is -0.161. The summed E-state index contributed by atoms with van der Waals surface area (Å²) in [6, 6.07) is 4.73. The molecule has 0 saturated carbocycles. The second kappa shape index (κ2) is 5.76. The van der Waals surface area contributed by atoms with Crippen LogP contribution >= 0.6 is 0 Å². The average molecular weight is 251 g/mol. The van der Waals surface area contributed by atoms with Crippen molar-refractivity contribution in [3.05, 3.63) is 23.8 Å². The van der Waals surface area contributed by atoms with Crippen molar-refractivity contribution in [2.24, 2.45) is 10.7 Å². The number of guanidine groups is 2. The van der Waals surface area contributed by atoms with Gasteiger partial charge in [0.15, 0.2) is 17.5 Å². The van der Waals surface area contributed by atoms with Gasteiger partial charge in [0.05, 0.1) is 0 Å². The maximum atomic E-state index is 9.68. The Morgan fingerprint density at radius 2 is 2.17 bits per heavy atom. The summed E-state index contributed by atoms with van der Waals surface area (Å²) in [6.07, 6.45) is 0. The van der Waals surface area contributed by atoms with E-state index in [0.717, 1.165) is 0 Å². The van der Waals surface area contributed by atoms with Gasteiger partial charge in [0.25, 0.3) is 0 Å². The van der Waals surface area contributed by atoms with Gasteiger partial charge in [0.1, 0.15) is 0 Å². The Kier molecular flexibility index (Phi) is 4.36. The van der Waals surface area contributed by atoms with Crippen molar-refractivity contribution in [2.45, 2.75) is 6.54 Å². The van der Waals surface area contributed by atoms with Crippen LogP contribution in [0.15, 0.2) is 23.2 Å². The van der Waals surface area contributed by atoms with Crippen LogP contribution in [0.4, 0.5) is 0 Å². The number of nitrogens with two attached hydrogens (primary N) is 1. The summed E-state index contributed by atoms with van der Waals surface area (Å²) in [6.45, 7) is 0.313. The number of nitrogens with zero attached hydrogens (tertiary/aromatic N) is 2. The Morgan fingerprint density at radius 1 is 1.50 bits per heavy atom. The molecule has 0 fully saturated rings. The molecule has 0 atom stereocenters. The van der Waals surface area contributed by atoms with Crippen LogP contribution in [0.1, 0.15) is 5.56 Å². The molecule has 6 N–H and O–H groups in total. The van der Waals surface area contributed by atoms with Crippen LogP contribution in [0, 0.1) is 5.41 Å². The predicted octanol–water partition coefficient (Wildman–Crippen LogP) is -0.00153. The highest BCUT2D eigenvalue weighted by atomic mass is 16.3. The molecule has 0 saturated heterocycles. The van der Waals surface area contributed by atoms with E-state index in [4.69, 9.17) is 11.1 Å². The number of para-hydroxylation sites is 1. The molecular formula is C11H17N5O2. The number of hydrogen-bond acceptors (Lipinski definition) is 4. The number of aromatic hydroxyl groups is 2. The topological polar surface area (TPSA) is 118 Å². The van der Waals surface area contributed by atoms with Gasteiger partial charge < -0.3 is 20.8 Å². The van der Waals surface area contributed by atoms with Crippen LogP contribution in [-0.2, 0) is 6.54 Å².